The van der Waals surface area contributed by atoms with Gasteiger partial charge in [0.15, 0.2) is 0 Å². The van der Waals surface area contributed by atoms with E-state index in [0.29, 0.717) is 0 Å². The molecule has 1 N–H and O–H groups in total. The highest BCUT2D eigenvalue weighted by atomic mass is 16.2. The van der Waals surface area contributed by atoms with E-state index in [9.17, 15) is 4.79 Å². The van der Waals surface area contributed by atoms with Crippen molar-refractivity contribution in [3.8, 4) is 0 Å². The predicted octanol–water partition coefficient (Wildman–Crippen LogP) is 1.17. The van der Waals surface area contributed by atoms with Gasteiger partial charge in [0.1, 0.15) is 0 Å². The first kappa shape index (κ1) is 8.26. The van der Waals surface area contributed by atoms with Gasteiger partial charge in [-0.05, 0) is 12.1 Å². The van der Waals surface area contributed by atoms with Crippen molar-refractivity contribution < 1.29 is 4.79 Å². The third-order valence-corrected chi connectivity index (χ3v) is 2.21. The molecule has 1 atom stereocenters. The lowest BCUT2D eigenvalue weighted by Crippen LogP contribution is -2.34. The van der Waals surface area contributed by atoms with Crippen LogP contribution in [0.4, 0.5) is 5.69 Å². The summed E-state index contributed by atoms with van der Waals surface area (Å²) >= 11 is 0. The largest absolute Gasteiger partial charge is 0.273 e. The fraction of sp³-hybridized carbons (Fsp3) is 0.300. The van der Waals surface area contributed by atoms with E-state index in [0.717, 1.165) is 12.2 Å². The van der Waals surface area contributed by atoms with Crippen LogP contribution in [0.15, 0.2) is 30.3 Å². The molecule has 1 aromatic rings. The summed E-state index contributed by atoms with van der Waals surface area (Å²) in [6, 6.07) is 9.62. The lowest BCUT2D eigenvalue weighted by atomic mass is 10.2. The van der Waals surface area contributed by atoms with Crippen molar-refractivity contribution >= 4 is 11.6 Å². The Labute approximate surface area is 77.3 Å². The van der Waals surface area contributed by atoms with E-state index in [-0.39, 0.29) is 11.8 Å². The maximum absolute atomic E-state index is 11.6. The Kier molecular flexibility index (Phi) is 2.02. The van der Waals surface area contributed by atoms with Crippen molar-refractivity contribution in [2.24, 2.45) is 5.92 Å². The lowest BCUT2D eigenvalue weighted by Gasteiger charge is -2.15. The Morgan fingerprint density at radius 3 is 2.62 bits per heavy atom. The molecule has 1 fully saturated rings. The number of carbonyl (C=O) groups excluding carboxylic acids is 1. The minimum atomic E-state index is 0.0835. The summed E-state index contributed by atoms with van der Waals surface area (Å²) in [4.78, 5) is 11.6. The Hall–Kier alpha value is -1.35. The molecule has 0 bridgehead atoms. The molecule has 0 radical (unpaired) electrons. The molecular formula is C10H12N2O. The highest BCUT2D eigenvalue weighted by molar-refractivity contribution is 5.95. The number of nitrogens with zero attached hydrogens (tertiary/aromatic N) is 1. The van der Waals surface area contributed by atoms with Crippen LogP contribution in [0, 0.1) is 5.92 Å². The van der Waals surface area contributed by atoms with Gasteiger partial charge in [-0.1, -0.05) is 25.1 Å². The van der Waals surface area contributed by atoms with Crippen LogP contribution in [0.1, 0.15) is 6.92 Å². The molecule has 1 aromatic carbocycles. The number of benzene rings is 1. The fourth-order valence-electron chi connectivity index (χ4n) is 1.41. The van der Waals surface area contributed by atoms with Crippen LogP contribution in [0.3, 0.4) is 0 Å². The molecule has 3 nitrogen and oxygen atoms in total. The van der Waals surface area contributed by atoms with Gasteiger partial charge in [0, 0.05) is 6.54 Å². The van der Waals surface area contributed by atoms with Crippen LogP contribution >= 0.6 is 0 Å². The van der Waals surface area contributed by atoms with Crippen LogP contribution in [0.5, 0.6) is 0 Å². The molecule has 1 aliphatic heterocycles. The molecule has 1 unspecified atom stereocenters. The topological polar surface area (TPSA) is 32.3 Å². The first-order valence-electron chi connectivity index (χ1n) is 4.41. The van der Waals surface area contributed by atoms with E-state index in [4.69, 9.17) is 0 Å². The van der Waals surface area contributed by atoms with Crippen molar-refractivity contribution in [1.82, 2.24) is 5.43 Å². The number of hydrogen-bond acceptors (Lipinski definition) is 2. The summed E-state index contributed by atoms with van der Waals surface area (Å²) < 4.78 is 0. The molecule has 1 aliphatic rings. The van der Waals surface area contributed by atoms with Crippen molar-refractivity contribution in [2.45, 2.75) is 6.92 Å². The highest BCUT2D eigenvalue weighted by Crippen LogP contribution is 2.17. The molecule has 0 saturated carbocycles. The van der Waals surface area contributed by atoms with Gasteiger partial charge in [-0.25, -0.2) is 10.4 Å². The normalized spacial score (nSPS) is 22.4. The van der Waals surface area contributed by atoms with Crippen molar-refractivity contribution in [3.05, 3.63) is 30.3 Å². The number of para-hydroxylation sites is 1. The molecule has 0 aliphatic carbocycles. The smallest absolute Gasteiger partial charge is 0.245 e. The van der Waals surface area contributed by atoms with Gasteiger partial charge < -0.3 is 0 Å². The lowest BCUT2D eigenvalue weighted by molar-refractivity contribution is -0.119. The van der Waals surface area contributed by atoms with Gasteiger partial charge in [0.05, 0.1) is 11.6 Å². The molecular weight excluding hydrogens is 164 g/mol. The van der Waals surface area contributed by atoms with E-state index < -0.39 is 0 Å². The summed E-state index contributed by atoms with van der Waals surface area (Å²) in [6.07, 6.45) is 0. The average Bonchev–Trinajstić information content (AvgIpc) is 2.49. The average molecular weight is 176 g/mol. The van der Waals surface area contributed by atoms with Crippen LogP contribution in [0.2, 0.25) is 0 Å². The number of hydrogen-bond donors (Lipinski definition) is 1. The Balaban J connectivity index is 2.24. The molecule has 13 heavy (non-hydrogen) atoms. The van der Waals surface area contributed by atoms with E-state index in [2.05, 4.69) is 5.43 Å². The Morgan fingerprint density at radius 2 is 2.08 bits per heavy atom. The SMILES string of the molecule is CC1CNN(c2ccccc2)C1=O. The molecule has 68 valence electrons. The first-order valence-corrected chi connectivity index (χ1v) is 4.41. The zero-order valence-electron chi connectivity index (χ0n) is 7.53. The van der Waals surface area contributed by atoms with Crippen LogP contribution in [-0.2, 0) is 4.79 Å². The Bertz CT molecular complexity index is 310. The molecule has 0 spiro atoms. The Morgan fingerprint density at radius 1 is 1.38 bits per heavy atom. The minimum Gasteiger partial charge on any atom is -0.273 e. The summed E-state index contributed by atoms with van der Waals surface area (Å²) in [6.45, 7) is 2.66. The number of anilines is 1. The number of hydrazine groups is 1. The second-order valence-corrected chi connectivity index (χ2v) is 3.27. The van der Waals surface area contributed by atoms with Crippen molar-refractivity contribution in [2.75, 3.05) is 11.6 Å². The molecule has 1 saturated heterocycles. The monoisotopic (exact) mass is 176 g/mol. The maximum atomic E-state index is 11.6. The van der Waals surface area contributed by atoms with Crippen LogP contribution in [0.25, 0.3) is 0 Å². The second kappa shape index (κ2) is 3.18. The quantitative estimate of drug-likeness (QED) is 0.696. The number of carbonyl (C=O) groups is 1. The summed E-state index contributed by atoms with van der Waals surface area (Å²) in [7, 11) is 0. The standard InChI is InChI=1S/C10H12N2O/c1-8-7-11-12(10(8)13)9-5-3-2-4-6-9/h2-6,8,11H,7H2,1H3. The van der Waals surface area contributed by atoms with E-state index in [1.54, 1.807) is 5.01 Å². The van der Waals surface area contributed by atoms with Gasteiger partial charge in [-0.2, -0.15) is 0 Å². The van der Waals surface area contributed by atoms with Crippen molar-refractivity contribution in [1.29, 1.82) is 0 Å². The van der Waals surface area contributed by atoms with E-state index in [1.807, 2.05) is 37.3 Å². The van der Waals surface area contributed by atoms with Gasteiger partial charge in [-0.15, -0.1) is 0 Å². The summed E-state index contributed by atoms with van der Waals surface area (Å²) in [5.74, 6) is 0.228. The maximum Gasteiger partial charge on any atom is 0.245 e. The van der Waals surface area contributed by atoms with Crippen LogP contribution < -0.4 is 10.4 Å². The van der Waals surface area contributed by atoms with Crippen molar-refractivity contribution in [3.63, 3.8) is 0 Å². The zero-order valence-corrected chi connectivity index (χ0v) is 7.53. The van der Waals surface area contributed by atoms with Crippen LogP contribution in [-0.4, -0.2) is 12.5 Å². The third-order valence-electron chi connectivity index (χ3n) is 2.21. The number of nitrogens with one attached hydrogen (secondary N) is 1. The van der Waals surface area contributed by atoms with Gasteiger partial charge in [-0.3, -0.25) is 4.79 Å². The second-order valence-electron chi connectivity index (χ2n) is 3.27. The number of amides is 1. The molecule has 1 amide bonds. The van der Waals surface area contributed by atoms with Gasteiger partial charge >= 0.3 is 0 Å². The minimum absolute atomic E-state index is 0.0835. The highest BCUT2D eigenvalue weighted by Gasteiger charge is 2.28. The molecule has 2 rings (SSSR count). The molecule has 0 aromatic heterocycles. The van der Waals surface area contributed by atoms with Gasteiger partial charge in [0.2, 0.25) is 5.91 Å². The fourth-order valence-corrected chi connectivity index (χ4v) is 1.41. The molecule has 1 heterocycles. The third kappa shape index (κ3) is 1.42. The zero-order chi connectivity index (χ0) is 9.26. The summed E-state index contributed by atoms with van der Waals surface area (Å²) in [5, 5.41) is 1.62. The summed E-state index contributed by atoms with van der Waals surface area (Å²) in [5.41, 5.74) is 3.97. The first-order chi connectivity index (χ1) is 6.29. The number of rotatable bonds is 1. The van der Waals surface area contributed by atoms with E-state index in [1.165, 1.54) is 0 Å². The predicted molar refractivity (Wildman–Crippen MR) is 51.1 cm³/mol. The molecule has 3 heteroatoms. The van der Waals surface area contributed by atoms with E-state index >= 15 is 0 Å². The van der Waals surface area contributed by atoms with Gasteiger partial charge in [0.25, 0.3) is 0 Å².